The second-order valence-corrected chi connectivity index (χ2v) is 10.5. The van der Waals surface area contributed by atoms with E-state index < -0.39 is 24.2 Å². The normalized spacial score (nSPS) is 18.4. The maximum Gasteiger partial charge on any atom is 0.247 e. The van der Waals surface area contributed by atoms with Crippen molar-refractivity contribution in [3.63, 3.8) is 0 Å². The zero-order valence-corrected chi connectivity index (χ0v) is 24.5. The summed E-state index contributed by atoms with van der Waals surface area (Å²) < 4.78 is 17.5. The van der Waals surface area contributed by atoms with Crippen LogP contribution in [0.5, 0.6) is 11.5 Å². The van der Waals surface area contributed by atoms with Crippen LogP contribution in [0.3, 0.4) is 0 Å². The maximum absolute atomic E-state index is 13.5. The van der Waals surface area contributed by atoms with E-state index in [9.17, 15) is 24.6 Å². The summed E-state index contributed by atoms with van der Waals surface area (Å²) in [5, 5.41) is 23.5. The van der Waals surface area contributed by atoms with Gasteiger partial charge in [0.25, 0.3) is 0 Å². The highest BCUT2D eigenvalue weighted by atomic mass is 127. The highest BCUT2D eigenvalue weighted by Crippen LogP contribution is 2.37. The van der Waals surface area contributed by atoms with Crippen LogP contribution in [0.15, 0.2) is 59.4 Å². The summed E-state index contributed by atoms with van der Waals surface area (Å²) >= 11 is 2.01. The molecule has 3 rings (SSSR count). The van der Waals surface area contributed by atoms with Crippen molar-refractivity contribution in [1.82, 2.24) is 10.2 Å². The number of benzene rings is 1. The molecule has 0 unspecified atom stereocenters. The van der Waals surface area contributed by atoms with Gasteiger partial charge in [0.2, 0.25) is 11.8 Å². The Labute approximate surface area is 247 Å². The number of halogens is 1. The average Bonchev–Trinajstić information content (AvgIpc) is 3.48. The fourth-order valence-electron chi connectivity index (χ4n) is 4.52. The van der Waals surface area contributed by atoms with Crippen molar-refractivity contribution in [2.24, 2.45) is 0 Å². The van der Waals surface area contributed by atoms with E-state index in [1.165, 1.54) is 31.8 Å². The topological polar surface area (TPSA) is 139 Å². The van der Waals surface area contributed by atoms with Crippen molar-refractivity contribution in [3.05, 3.63) is 69.7 Å². The summed E-state index contributed by atoms with van der Waals surface area (Å²) in [5.74, 6) is -0.0229. The molecule has 0 aliphatic heterocycles. The fraction of sp³-hybridized carbons (Fsp3) is 0.414. The van der Waals surface area contributed by atoms with E-state index in [1.807, 2.05) is 22.6 Å². The molecule has 216 valence electrons. The summed E-state index contributed by atoms with van der Waals surface area (Å²) in [4.78, 5) is 39.5. The molecule has 40 heavy (non-hydrogen) atoms. The van der Waals surface area contributed by atoms with Crippen molar-refractivity contribution in [2.45, 2.75) is 56.9 Å². The molecule has 1 aromatic heterocycles. The first-order valence-electron chi connectivity index (χ1n) is 13.0. The Kier molecular flexibility index (Phi) is 12.2. The number of methoxy groups -OCH3 is 1. The Morgan fingerprint density at radius 1 is 1.32 bits per heavy atom. The summed E-state index contributed by atoms with van der Waals surface area (Å²) in [5.41, 5.74) is 1.44. The molecule has 2 aromatic rings. The predicted molar refractivity (Wildman–Crippen MR) is 156 cm³/mol. The quantitative estimate of drug-likeness (QED) is 0.114. The first kappa shape index (κ1) is 31.4. The van der Waals surface area contributed by atoms with Gasteiger partial charge in [-0.1, -0.05) is 6.08 Å². The van der Waals surface area contributed by atoms with Crippen molar-refractivity contribution in [1.29, 1.82) is 0 Å². The van der Waals surface area contributed by atoms with Gasteiger partial charge in [0.15, 0.2) is 11.5 Å². The van der Waals surface area contributed by atoms with Gasteiger partial charge in [-0.05, 0) is 66.1 Å². The third-order valence-electron chi connectivity index (χ3n) is 6.56. The standard InChI is InChI=1S/C29H35IN2O8/c1-3-4-5-6-7-26(35)32(16-19-8-11-39-18-19)23-14-21(29(37)31-9-10-33)15-24(27(23)36)40-28-22(30)12-20(17-34)13-25(28)38-2/h3,8,11-13,15,17-18,23-24,27,33,36H,1,4-7,9-10,14,16H2,2H3,(H,31,37)/t23-,24+,27+/m1/s1. The van der Waals surface area contributed by atoms with Crippen molar-refractivity contribution in [3.8, 4) is 11.5 Å². The van der Waals surface area contributed by atoms with Crippen LogP contribution < -0.4 is 14.8 Å². The molecule has 11 heteroatoms. The number of allylic oxidation sites excluding steroid dienone is 1. The second kappa shape index (κ2) is 15.6. The zero-order chi connectivity index (χ0) is 29.1. The number of furan rings is 1. The number of aldehydes is 1. The second-order valence-electron chi connectivity index (χ2n) is 9.36. The van der Waals surface area contributed by atoms with Crippen LogP contribution in [0.2, 0.25) is 0 Å². The number of nitrogens with zero attached hydrogens (tertiary/aromatic N) is 1. The lowest BCUT2D eigenvalue weighted by Crippen LogP contribution is -2.54. The average molecular weight is 667 g/mol. The van der Waals surface area contributed by atoms with Gasteiger partial charge < -0.3 is 34.3 Å². The minimum absolute atomic E-state index is 0.0504. The number of aliphatic hydroxyl groups is 2. The van der Waals surface area contributed by atoms with E-state index in [4.69, 9.17) is 13.9 Å². The molecule has 10 nitrogen and oxygen atoms in total. The van der Waals surface area contributed by atoms with Crippen molar-refractivity contribution < 1.29 is 38.5 Å². The van der Waals surface area contributed by atoms with Crippen LogP contribution in [0.4, 0.5) is 0 Å². The van der Waals surface area contributed by atoms with Crippen LogP contribution in [-0.4, -0.2) is 71.7 Å². The molecular formula is C29H35IN2O8. The number of unbranched alkanes of at least 4 members (excludes halogenated alkanes) is 2. The van der Waals surface area contributed by atoms with Crippen LogP contribution in [0.25, 0.3) is 0 Å². The molecule has 0 fully saturated rings. The Bertz CT molecular complexity index is 1200. The van der Waals surface area contributed by atoms with Gasteiger partial charge in [0.05, 0.1) is 35.9 Å². The minimum Gasteiger partial charge on any atom is -0.493 e. The minimum atomic E-state index is -1.20. The van der Waals surface area contributed by atoms with Crippen LogP contribution in [0.1, 0.15) is 48.0 Å². The summed E-state index contributed by atoms with van der Waals surface area (Å²) in [6, 6.07) is 4.08. The lowest BCUT2D eigenvalue weighted by atomic mass is 9.87. The number of carbonyl (C=O) groups is 3. The zero-order valence-electron chi connectivity index (χ0n) is 22.4. The number of rotatable bonds is 15. The smallest absolute Gasteiger partial charge is 0.247 e. The first-order valence-corrected chi connectivity index (χ1v) is 14.1. The molecular weight excluding hydrogens is 631 g/mol. The largest absolute Gasteiger partial charge is 0.493 e. The number of nitrogens with one attached hydrogen (secondary N) is 1. The van der Waals surface area contributed by atoms with Gasteiger partial charge in [-0.3, -0.25) is 14.4 Å². The Balaban J connectivity index is 1.98. The molecule has 0 radical (unpaired) electrons. The lowest BCUT2D eigenvalue weighted by molar-refractivity contribution is -0.139. The van der Waals surface area contributed by atoms with Gasteiger partial charge in [-0.15, -0.1) is 6.58 Å². The molecule has 0 saturated heterocycles. The van der Waals surface area contributed by atoms with Gasteiger partial charge in [0, 0.05) is 42.6 Å². The molecule has 0 spiro atoms. The van der Waals surface area contributed by atoms with Gasteiger partial charge in [0.1, 0.15) is 18.5 Å². The number of carbonyl (C=O) groups excluding carboxylic acids is 3. The van der Waals surface area contributed by atoms with Gasteiger partial charge >= 0.3 is 0 Å². The van der Waals surface area contributed by atoms with E-state index >= 15 is 0 Å². The summed E-state index contributed by atoms with van der Waals surface area (Å²) in [6.45, 7) is 3.71. The highest BCUT2D eigenvalue weighted by molar-refractivity contribution is 14.1. The van der Waals surface area contributed by atoms with Crippen molar-refractivity contribution >= 4 is 40.7 Å². The lowest BCUT2D eigenvalue weighted by Gasteiger charge is -2.40. The molecule has 3 N–H and O–H groups in total. The molecule has 1 aliphatic rings. The van der Waals surface area contributed by atoms with Gasteiger partial charge in [-0.25, -0.2) is 0 Å². The SMILES string of the molecule is C=CCCCCC(=O)N(Cc1ccoc1)[C@@H]1CC(C(=O)NCCO)=C[C@H](Oc2c(I)cc(C=O)cc2OC)[C@H]1O. The Morgan fingerprint density at radius 3 is 2.77 bits per heavy atom. The molecule has 0 bridgehead atoms. The van der Waals surface area contributed by atoms with Crippen LogP contribution in [-0.2, 0) is 16.1 Å². The molecule has 1 heterocycles. The molecule has 1 aliphatic carbocycles. The molecule has 0 saturated carbocycles. The molecule has 2 amide bonds. The third kappa shape index (κ3) is 8.18. The van der Waals surface area contributed by atoms with Crippen molar-refractivity contribution in [2.75, 3.05) is 20.3 Å². The van der Waals surface area contributed by atoms with E-state index in [1.54, 1.807) is 23.1 Å². The number of hydrogen-bond acceptors (Lipinski definition) is 8. The monoisotopic (exact) mass is 666 g/mol. The molecule has 3 atom stereocenters. The highest BCUT2D eigenvalue weighted by Gasteiger charge is 2.41. The predicted octanol–water partition coefficient (Wildman–Crippen LogP) is 3.40. The van der Waals surface area contributed by atoms with Crippen LogP contribution in [0, 0.1) is 3.57 Å². The van der Waals surface area contributed by atoms with E-state index in [2.05, 4.69) is 11.9 Å². The Morgan fingerprint density at radius 2 is 2.12 bits per heavy atom. The van der Waals surface area contributed by atoms with Gasteiger partial charge in [-0.2, -0.15) is 0 Å². The van der Waals surface area contributed by atoms with E-state index in [0.717, 1.165) is 18.4 Å². The molecule has 1 aromatic carbocycles. The van der Waals surface area contributed by atoms with E-state index in [-0.39, 0.29) is 44.2 Å². The number of hydrogen-bond donors (Lipinski definition) is 3. The maximum atomic E-state index is 13.5. The first-order chi connectivity index (χ1) is 19.3. The van der Waals surface area contributed by atoms with Crippen LogP contribution >= 0.6 is 22.6 Å². The summed E-state index contributed by atoms with van der Waals surface area (Å²) in [7, 11) is 1.44. The summed E-state index contributed by atoms with van der Waals surface area (Å²) in [6.07, 6.45) is 7.41. The number of aliphatic hydroxyl groups excluding tert-OH is 2. The number of ether oxygens (including phenoxy) is 2. The van der Waals surface area contributed by atoms with E-state index in [0.29, 0.717) is 33.2 Å². The fourth-order valence-corrected chi connectivity index (χ4v) is 5.27. The third-order valence-corrected chi connectivity index (χ3v) is 7.36. The Hall–Kier alpha value is -3.16. The number of amides is 2.